The smallest absolute Gasteiger partial charge is 0.484 e. The number of rotatable bonds is 4. The van der Waals surface area contributed by atoms with Crippen molar-refractivity contribution in [1.82, 2.24) is 0 Å². The van der Waals surface area contributed by atoms with Gasteiger partial charge in [0.1, 0.15) is 12.4 Å². The first-order valence-electron chi connectivity index (χ1n) is 5.70. The number of benzene rings is 2. The maximum atomic E-state index is 13.7. The van der Waals surface area contributed by atoms with E-state index in [2.05, 4.69) is 0 Å². The minimum Gasteiger partial charge on any atom is -0.484 e. The zero-order valence-electron chi connectivity index (χ0n) is 10.2. The molecule has 2 aromatic rings. The molecule has 0 amide bonds. The summed E-state index contributed by atoms with van der Waals surface area (Å²) in [6.45, 7) is -0.228. The number of ether oxygens (including phenoxy) is 1. The van der Waals surface area contributed by atoms with Crippen LogP contribution < -0.4 is 10.2 Å². The Kier molecular flexibility index (Phi) is 4.59. The van der Waals surface area contributed by atoms with E-state index in [0.29, 0.717) is 0 Å². The van der Waals surface area contributed by atoms with E-state index in [0.717, 1.165) is 6.07 Å². The molecule has 7 heteroatoms. The van der Waals surface area contributed by atoms with E-state index in [9.17, 15) is 8.78 Å². The van der Waals surface area contributed by atoms with Gasteiger partial charge in [0.05, 0.1) is 5.02 Å². The van der Waals surface area contributed by atoms with Crippen LogP contribution in [0.3, 0.4) is 0 Å². The molecule has 0 saturated heterocycles. The molecule has 0 bridgehead atoms. The molecule has 0 heterocycles. The van der Waals surface area contributed by atoms with Crippen molar-refractivity contribution in [2.24, 2.45) is 0 Å². The zero-order chi connectivity index (χ0) is 14.7. The molecule has 0 atom stereocenters. The summed E-state index contributed by atoms with van der Waals surface area (Å²) < 4.78 is 32.3. The Hall–Kier alpha value is -1.63. The van der Waals surface area contributed by atoms with E-state index in [-0.39, 0.29) is 28.4 Å². The molecule has 0 aliphatic carbocycles. The van der Waals surface area contributed by atoms with E-state index < -0.39 is 18.8 Å². The van der Waals surface area contributed by atoms with Crippen LogP contribution in [0.25, 0.3) is 0 Å². The van der Waals surface area contributed by atoms with Gasteiger partial charge in [-0.3, -0.25) is 0 Å². The monoisotopic (exact) mass is 298 g/mol. The number of halogens is 3. The normalized spacial score (nSPS) is 10.4. The Bertz CT molecular complexity index is 602. The first-order valence-corrected chi connectivity index (χ1v) is 6.08. The molecule has 0 aliphatic rings. The summed E-state index contributed by atoms with van der Waals surface area (Å²) in [4.78, 5) is 0. The van der Waals surface area contributed by atoms with Crippen LogP contribution in [0.2, 0.25) is 5.02 Å². The third-order valence-corrected chi connectivity index (χ3v) is 2.96. The first kappa shape index (κ1) is 14.8. The fourth-order valence-corrected chi connectivity index (χ4v) is 1.83. The van der Waals surface area contributed by atoms with E-state index in [1.54, 1.807) is 0 Å². The number of hydrogen-bond donors (Lipinski definition) is 2. The molecular weight excluding hydrogens is 288 g/mol. The van der Waals surface area contributed by atoms with E-state index >= 15 is 0 Å². The maximum absolute atomic E-state index is 13.7. The van der Waals surface area contributed by atoms with Crippen molar-refractivity contribution in [2.75, 3.05) is 0 Å². The predicted octanol–water partition coefficient (Wildman–Crippen LogP) is 1.88. The standard InChI is InChI=1S/C13H10BClF2O3/c15-10-2-1-3-11(16)13(10)20-7-8-4-5-9(14(18)19)6-12(8)17/h1-6,18-19H,7H2. The summed E-state index contributed by atoms with van der Waals surface area (Å²) in [7, 11) is -1.75. The summed E-state index contributed by atoms with van der Waals surface area (Å²) in [5.41, 5.74) is 0.170. The van der Waals surface area contributed by atoms with Crippen molar-refractivity contribution in [3.8, 4) is 5.75 Å². The van der Waals surface area contributed by atoms with Crippen molar-refractivity contribution < 1.29 is 23.6 Å². The van der Waals surface area contributed by atoms with Gasteiger partial charge in [-0.05, 0) is 23.7 Å². The van der Waals surface area contributed by atoms with Gasteiger partial charge in [-0.1, -0.05) is 29.8 Å². The number of hydrogen-bond acceptors (Lipinski definition) is 3. The van der Waals surface area contributed by atoms with Crippen LogP contribution in [0.15, 0.2) is 36.4 Å². The van der Waals surface area contributed by atoms with Crippen molar-refractivity contribution in [2.45, 2.75) is 6.61 Å². The highest BCUT2D eigenvalue weighted by Gasteiger charge is 2.14. The van der Waals surface area contributed by atoms with Gasteiger partial charge in [0.2, 0.25) is 0 Å². The molecule has 3 nitrogen and oxygen atoms in total. The van der Waals surface area contributed by atoms with Gasteiger partial charge in [0, 0.05) is 5.56 Å². The Morgan fingerprint density at radius 3 is 2.45 bits per heavy atom. The van der Waals surface area contributed by atoms with Crippen molar-refractivity contribution >= 4 is 24.2 Å². The van der Waals surface area contributed by atoms with Gasteiger partial charge in [0.15, 0.2) is 11.6 Å². The summed E-state index contributed by atoms with van der Waals surface area (Å²) in [5.74, 6) is -1.47. The SMILES string of the molecule is OB(O)c1ccc(COc2c(F)cccc2Cl)c(F)c1. The Morgan fingerprint density at radius 1 is 1.10 bits per heavy atom. The van der Waals surface area contributed by atoms with Gasteiger partial charge < -0.3 is 14.8 Å². The summed E-state index contributed by atoms with van der Waals surface area (Å²) in [6.07, 6.45) is 0. The lowest BCUT2D eigenvalue weighted by molar-refractivity contribution is 0.285. The van der Waals surface area contributed by atoms with E-state index in [1.165, 1.54) is 30.3 Å². The van der Waals surface area contributed by atoms with Crippen LogP contribution in [0.4, 0.5) is 8.78 Å². The Morgan fingerprint density at radius 2 is 1.85 bits per heavy atom. The highest BCUT2D eigenvalue weighted by atomic mass is 35.5. The molecular formula is C13H10BClF2O3. The third-order valence-electron chi connectivity index (χ3n) is 2.67. The van der Waals surface area contributed by atoms with Gasteiger partial charge in [-0.2, -0.15) is 0 Å². The van der Waals surface area contributed by atoms with Crippen molar-refractivity contribution in [1.29, 1.82) is 0 Å². The predicted molar refractivity (Wildman–Crippen MR) is 72.0 cm³/mol. The third kappa shape index (κ3) is 3.28. The van der Waals surface area contributed by atoms with Crippen LogP contribution in [0.1, 0.15) is 5.56 Å². The van der Waals surface area contributed by atoms with Gasteiger partial charge in [0.25, 0.3) is 0 Å². The van der Waals surface area contributed by atoms with E-state index in [1.807, 2.05) is 0 Å². The van der Waals surface area contributed by atoms with E-state index in [4.69, 9.17) is 26.4 Å². The van der Waals surface area contributed by atoms with Crippen molar-refractivity contribution in [3.05, 3.63) is 58.6 Å². The molecule has 20 heavy (non-hydrogen) atoms. The molecule has 0 radical (unpaired) electrons. The fraction of sp³-hybridized carbons (Fsp3) is 0.0769. The molecule has 0 spiro atoms. The second kappa shape index (κ2) is 6.22. The maximum Gasteiger partial charge on any atom is 0.488 e. The highest BCUT2D eigenvalue weighted by molar-refractivity contribution is 6.58. The van der Waals surface area contributed by atoms with Crippen LogP contribution in [0.5, 0.6) is 5.75 Å². The Labute approximate surface area is 119 Å². The molecule has 0 aromatic heterocycles. The lowest BCUT2D eigenvalue weighted by Crippen LogP contribution is -2.30. The van der Waals surface area contributed by atoms with Gasteiger partial charge >= 0.3 is 7.12 Å². The molecule has 0 fully saturated rings. The quantitative estimate of drug-likeness (QED) is 0.847. The summed E-state index contributed by atoms with van der Waals surface area (Å²) in [6, 6.07) is 7.73. The van der Waals surface area contributed by atoms with Crippen LogP contribution in [0, 0.1) is 11.6 Å². The average Bonchev–Trinajstić information content (AvgIpc) is 2.39. The zero-order valence-corrected chi connectivity index (χ0v) is 10.9. The van der Waals surface area contributed by atoms with Gasteiger partial charge in [-0.25, -0.2) is 8.78 Å². The minimum atomic E-state index is -1.75. The lowest BCUT2D eigenvalue weighted by atomic mass is 9.80. The number of para-hydroxylation sites is 1. The summed E-state index contributed by atoms with van der Waals surface area (Å²) in [5, 5.41) is 17.9. The summed E-state index contributed by atoms with van der Waals surface area (Å²) >= 11 is 5.78. The second-order valence-corrected chi connectivity index (χ2v) is 4.47. The van der Waals surface area contributed by atoms with Crippen LogP contribution >= 0.6 is 11.6 Å². The van der Waals surface area contributed by atoms with Crippen molar-refractivity contribution in [3.63, 3.8) is 0 Å². The second-order valence-electron chi connectivity index (χ2n) is 4.06. The molecule has 2 rings (SSSR count). The van der Waals surface area contributed by atoms with Crippen LogP contribution in [-0.2, 0) is 6.61 Å². The minimum absolute atomic E-state index is 0.0233. The lowest BCUT2D eigenvalue weighted by Gasteiger charge is -2.10. The Balaban J connectivity index is 2.15. The first-order chi connectivity index (χ1) is 9.49. The van der Waals surface area contributed by atoms with Crippen LogP contribution in [-0.4, -0.2) is 17.2 Å². The molecule has 0 aliphatic heterocycles. The fourth-order valence-electron chi connectivity index (χ4n) is 1.61. The molecule has 2 aromatic carbocycles. The highest BCUT2D eigenvalue weighted by Crippen LogP contribution is 2.28. The topological polar surface area (TPSA) is 49.7 Å². The largest absolute Gasteiger partial charge is 0.488 e. The molecule has 104 valence electrons. The molecule has 0 unspecified atom stereocenters. The molecule has 0 saturated carbocycles. The van der Waals surface area contributed by atoms with Gasteiger partial charge in [-0.15, -0.1) is 0 Å². The molecule has 2 N–H and O–H groups in total. The average molecular weight is 298 g/mol.